The molecule has 18 heavy (non-hydrogen) atoms. The summed E-state index contributed by atoms with van der Waals surface area (Å²) in [6.07, 6.45) is -4.35. The van der Waals surface area contributed by atoms with Gasteiger partial charge in [0.05, 0.1) is 5.56 Å². The van der Waals surface area contributed by atoms with Crippen molar-refractivity contribution >= 4 is 0 Å². The summed E-state index contributed by atoms with van der Waals surface area (Å²) in [5.74, 6) is 0. The summed E-state index contributed by atoms with van der Waals surface area (Å²) in [4.78, 5) is 1.85. The monoisotopic (exact) mass is 260 g/mol. The van der Waals surface area contributed by atoms with Gasteiger partial charge < -0.3 is 5.73 Å². The second kappa shape index (κ2) is 5.71. The van der Waals surface area contributed by atoms with E-state index in [0.29, 0.717) is 0 Å². The van der Waals surface area contributed by atoms with E-state index >= 15 is 0 Å². The summed E-state index contributed by atoms with van der Waals surface area (Å²) in [7, 11) is 1.79. The van der Waals surface area contributed by atoms with Gasteiger partial charge in [0, 0.05) is 18.6 Å². The Morgan fingerprint density at radius 2 is 1.78 bits per heavy atom. The van der Waals surface area contributed by atoms with Gasteiger partial charge in [-0.3, -0.25) is 4.90 Å². The van der Waals surface area contributed by atoms with Crippen molar-refractivity contribution in [2.45, 2.75) is 32.1 Å². The van der Waals surface area contributed by atoms with Crippen molar-refractivity contribution < 1.29 is 13.2 Å². The molecule has 1 atom stereocenters. The molecule has 0 spiro atoms. The van der Waals surface area contributed by atoms with E-state index in [0.717, 1.165) is 6.07 Å². The van der Waals surface area contributed by atoms with Crippen LogP contribution >= 0.6 is 0 Å². The minimum absolute atomic E-state index is 0.125. The smallest absolute Gasteiger partial charge is 0.329 e. The van der Waals surface area contributed by atoms with E-state index in [-0.39, 0.29) is 18.2 Å². The van der Waals surface area contributed by atoms with E-state index in [1.807, 2.05) is 18.7 Å². The molecule has 2 N–H and O–H groups in total. The quantitative estimate of drug-likeness (QED) is 0.901. The van der Waals surface area contributed by atoms with E-state index < -0.39 is 17.8 Å². The van der Waals surface area contributed by atoms with Gasteiger partial charge in [0.2, 0.25) is 0 Å². The Balaban J connectivity index is 3.22. The molecule has 5 heteroatoms. The first-order chi connectivity index (χ1) is 8.29. The topological polar surface area (TPSA) is 29.3 Å². The molecule has 0 aromatic heterocycles. The van der Waals surface area contributed by atoms with Crippen LogP contribution in [0.15, 0.2) is 24.3 Å². The number of nitrogens with zero attached hydrogens (tertiary/aromatic N) is 1. The first-order valence-corrected chi connectivity index (χ1v) is 5.87. The standard InChI is InChI=1S/C13H19F3N2/c1-9(2)18(3)12(8-17)10-6-4-5-7-11(10)13(14,15)16/h4-7,9,12H,8,17H2,1-3H3. The maximum atomic E-state index is 13.0. The van der Waals surface area contributed by atoms with Crippen molar-refractivity contribution in [3.63, 3.8) is 0 Å². The average Bonchev–Trinajstić information content (AvgIpc) is 2.29. The summed E-state index contributed by atoms with van der Waals surface area (Å²) < 4.78 is 38.9. The number of likely N-dealkylation sites (N-methyl/N-ethyl adjacent to an activating group) is 1. The molecule has 2 nitrogen and oxygen atoms in total. The van der Waals surface area contributed by atoms with Crippen molar-refractivity contribution in [2.24, 2.45) is 5.73 Å². The fraction of sp³-hybridized carbons (Fsp3) is 0.538. The molecule has 1 unspecified atom stereocenters. The van der Waals surface area contributed by atoms with Crippen LogP contribution in [0.3, 0.4) is 0 Å². The van der Waals surface area contributed by atoms with E-state index in [2.05, 4.69) is 0 Å². The average molecular weight is 260 g/mol. The minimum atomic E-state index is -4.35. The van der Waals surface area contributed by atoms with E-state index in [1.165, 1.54) is 12.1 Å². The molecule has 0 aliphatic carbocycles. The highest BCUT2D eigenvalue weighted by atomic mass is 19.4. The number of alkyl halides is 3. The minimum Gasteiger partial charge on any atom is -0.329 e. The van der Waals surface area contributed by atoms with Gasteiger partial charge in [-0.05, 0) is 32.5 Å². The Morgan fingerprint density at radius 1 is 1.22 bits per heavy atom. The number of benzene rings is 1. The fourth-order valence-electron chi connectivity index (χ4n) is 1.92. The van der Waals surface area contributed by atoms with Crippen LogP contribution < -0.4 is 5.73 Å². The van der Waals surface area contributed by atoms with Gasteiger partial charge in [0.1, 0.15) is 0 Å². The van der Waals surface area contributed by atoms with Crippen LogP contribution in [0, 0.1) is 0 Å². The molecule has 0 bridgehead atoms. The molecule has 1 aromatic carbocycles. The molecule has 102 valence electrons. The Kier molecular flexibility index (Phi) is 4.76. The van der Waals surface area contributed by atoms with Crippen molar-refractivity contribution in [1.82, 2.24) is 4.90 Å². The second-order valence-electron chi connectivity index (χ2n) is 4.60. The van der Waals surface area contributed by atoms with Crippen molar-refractivity contribution in [3.05, 3.63) is 35.4 Å². The van der Waals surface area contributed by atoms with Gasteiger partial charge in [-0.15, -0.1) is 0 Å². The van der Waals surface area contributed by atoms with E-state index in [4.69, 9.17) is 5.73 Å². The lowest BCUT2D eigenvalue weighted by Gasteiger charge is -2.32. The van der Waals surface area contributed by atoms with Crippen LogP contribution in [-0.4, -0.2) is 24.5 Å². The van der Waals surface area contributed by atoms with Crippen molar-refractivity contribution in [3.8, 4) is 0 Å². The highest BCUT2D eigenvalue weighted by molar-refractivity contribution is 5.32. The summed E-state index contributed by atoms with van der Waals surface area (Å²) >= 11 is 0. The lowest BCUT2D eigenvalue weighted by atomic mass is 9.98. The third-order valence-corrected chi connectivity index (χ3v) is 3.15. The fourth-order valence-corrected chi connectivity index (χ4v) is 1.92. The highest BCUT2D eigenvalue weighted by Gasteiger charge is 2.35. The molecule has 0 aliphatic heterocycles. The first-order valence-electron chi connectivity index (χ1n) is 5.87. The van der Waals surface area contributed by atoms with E-state index in [1.54, 1.807) is 13.1 Å². The van der Waals surface area contributed by atoms with Gasteiger partial charge in [0.25, 0.3) is 0 Å². The third-order valence-electron chi connectivity index (χ3n) is 3.15. The summed E-state index contributed by atoms with van der Waals surface area (Å²) in [5, 5.41) is 0. The zero-order valence-corrected chi connectivity index (χ0v) is 10.8. The van der Waals surface area contributed by atoms with Crippen LogP contribution in [-0.2, 0) is 6.18 Å². The van der Waals surface area contributed by atoms with Crippen LogP contribution in [0.25, 0.3) is 0 Å². The Morgan fingerprint density at radius 3 is 2.22 bits per heavy atom. The number of hydrogen-bond donors (Lipinski definition) is 1. The molecule has 0 aliphatic rings. The van der Waals surface area contributed by atoms with Crippen LogP contribution in [0.2, 0.25) is 0 Å². The Labute approximate surface area is 106 Å². The van der Waals surface area contributed by atoms with Crippen LogP contribution in [0.4, 0.5) is 13.2 Å². The SMILES string of the molecule is CC(C)N(C)C(CN)c1ccccc1C(F)(F)F. The number of halogens is 3. The second-order valence-corrected chi connectivity index (χ2v) is 4.60. The lowest BCUT2D eigenvalue weighted by Crippen LogP contribution is -2.36. The third kappa shape index (κ3) is 3.23. The van der Waals surface area contributed by atoms with E-state index in [9.17, 15) is 13.2 Å². The molecule has 0 radical (unpaired) electrons. The Hall–Kier alpha value is -1.07. The number of rotatable bonds is 4. The molecule has 0 saturated heterocycles. The van der Waals surface area contributed by atoms with Gasteiger partial charge >= 0.3 is 6.18 Å². The highest BCUT2D eigenvalue weighted by Crippen LogP contribution is 2.35. The largest absolute Gasteiger partial charge is 0.416 e. The predicted molar refractivity (Wildman–Crippen MR) is 66.1 cm³/mol. The van der Waals surface area contributed by atoms with Crippen LogP contribution in [0.1, 0.15) is 31.0 Å². The molecule has 0 amide bonds. The predicted octanol–water partition coefficient (Wildman–Crippen LogP) is 3.05. The molecule has 0 saturated carbocycles. The zero-order valence-electron chi connectivity index (χ0n) is 10.8. The molecule has 1 aromatic rings. The van der Waals surface area contributed by atoms with Gasteiger partial charge in [-0.2, -0.15) is 13.2 Å². The lowest BCUT2D eigenvalue weighted by molar-refractivity contribution is -0.138. The maximum absolute atomic E-state index is 13.0. The number of hydrogen-bond acceptors (Lipinski definition) is 2. The zero-order chi connectivity index (χ0) is 13.9. The van der Waals surface area contributed by atoms with Gasteiger partial charge in [0.15, 0.2) is 0 Å². The summed E-state index contributed by atoms with van der Waals surface area (Å²) in [6.45, 7) is 4.01. The van der Waals surface area contributed by atoms with Gasteiger partial charge in [-0.1, -0.05) is 18.2 Å². The molecule has 1 rings (SSSR count). The van der Waals surface area contributed by atoms with Gasteiger partial charge in [-0.25, -0.2) is 0 Å². The van der Waals surface area contributed by atoms with Crippen molar-refractivity contribution in [1.29, 1.82) is 0 Å². The first kappa shape index (κ1) is 15.0. The Bertz CT molecular complexity index is 388. The molecule has 0 heterocycles. The normalized spacial score (nSPS) is 14.3. The molecular weight excluding hydrogens is 241 g/mol. The summed E-state index contributed by atoms with van der Waals surface area (Å²) in [5.41, 5.74) is 5.28. The molecular formula is C13H19F3N2. The van der Waals surface area contributed by atoms with Crippen LogP contribution in [0.5, 0.6) is 0 Å². The summed E-state index contributed by atoms with van der Waals surface area (Å²) in [6, 6.07) is 5.31. The molecule has 0 fully saturated rings. The maximum Gasteiger partial charge on any atom is 0.416 e. The van der Waals surface area contributed by atoms with Crippen molar-refractivity contribution in [2.75, 3.05) is 13.6 Å². The number of nitrogens with two attached hydrogens (primary N) is 1.